The number of hydrogen-bond donors (Lipinski definition) is 8. The Balaban J connectivity index is 6.07. The van der Waals surface area contributed by atoms with Crippen LogP contribution in [0, 0.1) is 23.7 Å². The minimum absolute atomic E-state index is 0.103. The molecule has 0 aromatic rings. The van der Waals surface area contributed by atoms with Crippen molar-refractivity contribution in [2.24, 2.45) is 35.1 Å². The third-order valence-electron chi connectivity index (χ3n) is 7.40. The molecular weight excluding hydrogens is 574 g/mol. The summed E-state index contributed by atoms with van der Waals surface area (Å²) < 4.78 is 0. The van der Waals surface area contributed by atoms with Gasteiger partial charge in [-0.3, -0.25) is 33.6 Å². The van der Waals surface area contributed by atoms with Crippen molar-refractivity contribution in [3.05, 3.63) is 0 Å². The molecule has 0 spiro atoms. The molecule has 0 aliphatic heterocycles. The monoisotopic (exact) mass is 627 g/mol. The highest BCUT2D eigenvalue weighted by atomic mass is 16.4. The number of aliphatic carboxylic acids is 1. The Labute approximate surface area is 259 Å². The van der Waals surface area contributed by atoms with Crippen LogP contribution in [-0.2, 0) is 33.6 Å². The van der Waals surface area contributed by atoms with Gasteiger partial charge < -0.3 is 43.2 Å². The van der Waals surface area contributed by atoms with Gasteiger partial charge in [0.05, 0.1) is 12.5 Å². The van der Waals surface area contributed by atoms with Crippen molar-refractivity contribution in [1.82, 2.24) is 26.6 Å². The predicted molar refractivity (Wildman–Crippen MR) is 163 cm³/mol. The van der Waals surface area contributed by atoms with E-state index in [0.717, 1.165) is 0 Å². The Morgan fingerprint density at radius 1 is 0.659 bits per heavy atom. The fraction of sp³-hybridized carbons (Fsp3) is 0.759. The van der Waals surface area contributed by atoms with E-state index in [9.17, 15) is 33.6 Å². The molecule has 252 valence electrons. The van der Waals surface area contributed by atoms with Gasteiger partial charge in [-0.25, -0.2) is 0 Å². The van der Waals surface area contributed by atoms with E-state index in [1.807, 2.05) is 20.8 Å². The largest absolute Gasteiger partial charge is 0.480 e. The minimum Gasteiger partial charge on any atom is -0.480 e. The number of rotatable bonds is 20. The van der Waals surface area contributed by atoms with Crippen molar-refractivity contribution in [2.75, 3.05) is 6.54 Å². The molecule has 0 saturated carbocycles. The fourth-order valence-electron chi connectivity index (χ4n) is 4.13. The van der Waals surface area contributed by atoms with Crippen molar-refractivity contribution in [2.45, 2.75) is 111 Å². The number of nitrogens with one attached hydrogen (secondary N) is 5. The lowest BCUT2D eigenvalue weighted by molar-refractivity contribution is -0.139. The Hall–Kier alpha value is -3.75. The van der Waals surface area contributed by atoms with Gasteiger partial charge in [0.2, 0.25) is 35.4 Å². The number of carbonyl (C=O) groups is 7. The zero-order valence-electron chi connectivity index (χ0n) is 27.2. The van der Waals surface area contributed by atoms with Crippen LogP contribution in [0.1, 0.15) is 81.1 Å². The van der Waals surface area contributed by atoms with Crippen molar-refractivity contribution < 1.29 is 38.7 Å². The van der Waals surface area contributed by atoms with Crippen LogP contribution in [0.5, 0.6) is 0 Å². The zero-order valence-corrected chi connectivity index (χ0v) is 27.2. The van der Waals surface area contributed by atoms with Crippen LogP contribution >= 0.6 is 0 Å². The molecule has 15 heteroatoms. The Morgan fingerprint density at radius 2 is 1.11 bits per heavy atom. The lowest BCUT2D eigenvalue weighted by Gasteiger charge is -2.29. The van der Waals surface area contributed by atoms with Crippen molar-refractivity contribution >= 4 is 41.4 Å². The molecule has 44 heavy (non-hydrogen) atoms. The Morgan fingerprint density at radius 3 is 1.55 bits per heavy atom. The average Bonchev–Trinajstić information content (AvgIpc) is 2.94. The molecule has 0 aliphatic carbocycles. The molecule has 0 aliphatic rings. The summed E-state index contributed by atoms with van der Waals surface area (Å²) in [5.41, 5.74) is 11.3. The zero-order chi connectivity index (χ0) is 34.3. The first-order valence-electron chi connectivity index (χ1n) is 15.1. The van der Waals surface area contributed by atoms with Crippen LogP contribution in [0.15, 0.2) is 0 Å². The van der Waals surface area contributed by atoms with Gasteiger partial charge in [0.1, 0.15) is 30.7 Å². The van der Waals surface area contributed by atoms with Gasteiger partial charge >= 0.3 is 5.97 Å². The van der Waals surface area contributed by atoms with Gasteiger partial charge in [-0.1, -0.05) is 68.2 Å². The van der Waals surface area contributed by atoms with Gasteiger partial charge in [0, 0.05) is 0 Å². The van der Waals surface area contributed by atoms with Gasteiger partial charge in [-0.15, -0.1) is 0 Å². The Bertz CT molecular complexity index is 1020. The second kappa shape index (κ2) is 19.5. The molecule has 0 bridgehead atoms. The van der Waals surface area contributed by atoms with Gasteiger partial charge in [-0.2, -0.15) is 0 Å². The lowest BCUT2D eigenvalue weighted by Crippen LogP contribution is -2.61. The summed E-state index contributed by atoms with van der Waals surface area (Å²) in [4.78, 5) is 88.3. The topological polar surface area (TPSA) is 252 Å². The van der Waals surface area contributed by atoms with Gasteiger partial charge in [-0.05, 0) is 30.1 Å². The lowest BCUT2D eigenvalue weighted by atomic mass is 9.96. The number of carboxylic acids is 1. The van der Waals surface area contributed by atoms with E-state index in [1.165, 1.54) is 0 Å². The molecule has 0 rings (SSSR count). The first-order valence-corrected chi connectivity index (χ1v) is 15.1. The molecule has 10 N–H and O–H groups in total. The van der Waals surface area contributed by atoms with Gasteiger partial charge in [0.15, 0.2) is 0 Å². The molecule has 0 unspecified atom stereocenters. The maximum Gasteiger partial charge on any atom is 0.322 e. The smallest absolute Gasteiger partial charge is 0.322 e. The summed E-state index contributed by atoms with van der Waals surface area (Å²) in [7, 11) is 0. The second-order valence-corrected chi connectivity index (χ2v) is 12.0. The summed E-state index contributed by atoms with van der Waals surface area (Å²) in [5, 5.41) is 21.5. The number of carboxylic acid groups (broad SMARTS) is 1. The summed E-state index contributed by atoms with van der Waals surface area (Å²) in [6.07, 6.45) is 0.524. The van der Waals surface area contributed by atoms with E-state index >= 15 is 0 Å². The molecule has 15 nitrogen and oxygen atoms in total. The van der Waals surface area contributed by atoms with Crippen molar-refractivity contribution in [3.8, 4) is 0 Å². The summed E-state index contributed by atoms with van der Waals surface area (Å²) in [6.45, 7) is 13.5. The fourth-order valence-corrected chi connectivity index (χ4v) is 4.13. The summed E-state index contributed by atoms with van der Waals surface area (Å²) in [6, 6.07) is -5.69. The normalized spacial score (nSPS) is 16.0. The first-order chi connectivity index (χ1) is 20.4. The maximum atomic E-state index is 13.4. The van der Waals surface area contributed by atoms with E-state index in [-0.39, 0.29) is 30.1 Å². The second-order valence-electron chi connectivity index (χ2n) is 12.0. The van der Waals surface area contributed by atoms with Crippen molar-refractivity contribution in [1.29, 1.82) is 0 Å². The number of amides is 6. The molecule has 0 aromatic carbocycles. The highest BCUT2D eigenvalue weighted by Gasteiger charge is 2.35. The molecule has 0 saturated heterocycles. The quantitative estimate of drug-likeness (QED) is 0.0833. The van der Waals surface area contributed by atoms with Gasteiger partial charge in [0.25, 0.3) is 0 Å². The van der Waals surface area contributed by atoms with E-state index in [2.05, 4.69) is 26.6 Å². The number of primary amides is 1. The number of carbonyl (C=O) groups excluding carboxylic acids is 6. The molecule has 7 atom stereocenters. The first kappa shape index (κ1) is 40.2. The number of hydrogen-bond acceptors (Lipinski definition) is 8. The molecular formula is C29H53N7O8. The van der Waals surface area contributed by atoms with Crippen LogP contribution < -0.4 is 38.1 Å². The third-order valence-corrected chi connectivity index (χ3v) is 7.40. The Kier molecular flexibility index (Phi) is 17.8. The summed E-state index contributed by atoms with van der Waals surface area (Å²) >= 11 is 0. The maximum absolute atomic E-state index is 13.4. The van der Waals surface area contributed by atoms with E-state index in [0.29, 0.717) is 12.8 Å². The number of nitrogens with two attached hydrogens (primary N) is 2. The summed E-state index contributed by atoms with van der Waals surface area (Å²) in [5.74, 6) is -6.74. The van der Waals surface area contributed by atoms with Crippen molar-refractivity contribution in [3.63, 3.8) is 0 Å². The molecule has 0 heterocycles. The minimum atomic E-state index is -1.48. The molecule has 0 fully saturated rings. The van der Waals surface area contributed by atoms with Crippen LogP contribution in [0.2, 0.25) is 0 Å². The van der Waals surface area contributed by atoms with Crippen LogP contribution in [-0.4, -0.2) is 83.3 Å². The van der Waals surface area contributed by atoms with Crippen LogP contribution in [0.4, 0.5) is 0 Å². The van der Waals surface area contributed by atoms with E-state index in [4.69, 9.17) is 16.6 Å². The van der Waals surface area contributed by atoms with E-state index in [1.54, 1.807) is 34.6 Å². The average molecular weight is 628 g/mol. The third kappa shape index (κ3) is 14.1. The van der Waals surface area contributed by atoms with E-state index < -0.39 is 84.6 Å². The SMILES string of the molecule is CC[C@H](C)[C@H](NC(=O)[C@H](CC(C)C)NC(=O)[C@H](CC(N)=O)NC(=O)[C@@H](NC(=O)[C@@H](N)C(C)C)[C@@H](C)CC)C(=O)NCC(=O)O. The molecule has 0 aromatic heterocycles. The highest BCUT2D eigenvalue weighted by molar-refractivity contribution is 5.97. The van der Waals surface area contributed by atoms with Crippen LogP contribution in [0.25, 0.3) is 0 Å². The van der Waals surface area contributed by atoms with Crippen LogP contribution in [0.3, 0.4) is 0 Å². The molecule has 6 amide bonds. The predicted octanol–water partition coefficient (Wildman–Crippen LogP) is -0.877. The standard InChI is InChI=1S/C29H53N7O8/c1-9-16(7)23(28(43)32-13-21(38)39)35-26(41)18(11-14(3)4)33-25(40)19(12-20(30)37)34-29(44)24(17(8)10-2)36-27(42)22(31)15(5)6/h14-19,22-24H,9-13,31H2,1-8H3,(H2,30,37)(H,32,43)(H,33,40)(H,34,44)(H,35,41)(H,36,42)(H,38,39)/t16-,17-,18-,19-,22-,23-,24-/m0/s1. The molecule has 0 radical (unpaired) electrons. The highest BCUT2D eigenvalue weighted by Crippen LogP contribution is 2.13.